The average Bonchev–Trinajstić information content (AvgIpc) is 2.94. The molecule has 2 aromatic rings. The highest BCUT2D eigenvalue weighted by Crippen LogP contribution is 2.25. The number of rotatable bonds is 6. The molecule has 102 valence electrons. The molecule has 4 nitrogen and oxygen atoms in total. The molecule has 0 aliphatic carbocycles. The van der Waals surface area contributed by atoms with E-state index in [1.165, 1.54) is 4.88 Å². The lowest BCUT2D eigenvalue weighted by molar-refractivity contribution is 0.671. The zero-order valence-corrected chi connectivity index (χ0v) is 12.1. The van der Waals surface area contributed by atoms with E-state index in [-0.39, 0.29) is 11.6 Å². The second kappa shape index (κ2) is 6.52. The minimum absolute atomic E-state index is 0.0531. The fraction of sp³-hybridized carbons (Fsp3) is 0.429. The van der Waals surface area contributed by atoms with Crippen LogP contribution in [0.5, 0.6) is 0 Å². The van der Waals surface area contributed by atoms with E-state index in [2.05, 4.69) is 28.7 Å². The molecule has 5 heteroatoms. The van der Waals surface area contributed by atoms with E-state index in [1.807, 2.05) is 13.0 Å². The Labute approximate surface area is 117 Å². The molecule has 0 aliphatic heterocycles. The Kier molecular flexibility index (Phi) is 4.74. The molecule has 0 fully saturated rings. The largest absolute Gasteiger partial charge is 0.358 e. The van der Waals surface area contributed by atoms with Gasteiger partial charge < -0.3 is 9.88 Å². The highest BCUT2D eigenvalue weighted by molar-refractivity contribution is 7.10. The summed E-state index contributed by atoms with van der Waals surface area (Å²) in [6, 6.07) is 4.30. The van der Waals surface area contributed by atoms with E-state index in [0.29, 0.717) is 12.4 Å². The predicted octanol–water partition coefficient (Wildman–Crippen LogP) is 3.28. The molecular formula is C14H19N3OS. The van der Waals surface area contributed by atoms with Gasteiger partial charge in [-0.2, -0.15) is 0 Å². The molecule has 1 N–H and O–H groups in total. The van der Waals surface area contributed by atoms with Gasteiger partial charge in [-0.05, 0) is 24.8 Å². The van der Waals surface area contributed by atoms with Crippen LogP contribution in [0.15, 0.2) is 34.7 Å². The Balaban J connectivity index is 2.25. The minimum atomic E-state index is -0.0531. The number of aryl methyl sites for hydroxylation is 1. The third-order valence-electron chi connectivity index (χ3n) is 3.03. The van der Waals surface area contributed by atoms with E-state index in [9.17, 15) is 4.79 Å². The van der Waals surface area contributed by atoms with Gasteiger partial charge in [-0.1, -0.05) is 19.4 Å². The average molecular weight is 277 g/mol. The maximum atomic E-state index is 12.2. The lowest BCUT2D eigenvalue weighted by Crippen LogP contribution is -2.25. The van der Waals surface area contributed by atoms with Crippen LogP contribution in [0, 0.1) is 0 Å². The second-order valence-electron chi connectivity index (χ2n) is 4.37. The Morgan fingerprint density at radius 2 is 2.32 bits per heavy atom. The van der Waals surface area contributed by atoms with E-state index >= 15 is 0 Å². The number of nitrogens with zero attached hydrogens (tertiary/aromatic N) is 2. The molecule has 19 heavy (non-hydrogen) atoms. The van der Waals surface area contributed by atoms with Gasteiger partial charge in [0.25, 0.3) is 5.56 Å². The normalized spacial score (nSPS) is 12.3. The Morgan fingerprint density at radius 1 is 1.47 bits per heavy atom. The molecular weight excluding hydrogens is 258 g/mol. The van der Waals surface area contributed by atoms with Gasteiger partial charge in [0.05, 0.1) is 6.04 Å². The van der Waals surface area contributed by atoms with Crippen LogP contribution >= 0.6 is 11.3 Å². The summed E-state index contributed by atoms with van der Waals surface area (Å²) in [7, 11) is 0. The number of hydrogen-bond donors (Lipinski definition) is 1. The minimum Gasteiger partial charge on any atom is -0.358 e. The molecule has 0 saturated carbocycles. The van der Waals surface area contributed by atoms with Gasteiger partial charge in [-0.3, -0.25) is 4.79 Å². The van der Waals surface area contributed by atoms with Crippen molar-refractivity contribution in [1.29, 1.82) is 0 Å². The molecule has 0 aliphatic rings. The topological polar surface area (TPSA) is 46.9 Å². The van der Waals surface area contributed by atoms with Gasteiger partial charge in [-0.25, -0.2) is 4.98 Å². The highest BCUT2D eigenvalue weighted by atomic mass is 32.1. The van der Waals surface area contributed by atoms with Crippen LogP contribution in [0.1, 0.15) is 37.6 Å². The van der Waals surface area contributed by atoms with Crippen LogP contribution in [0.25, 0.3) is 0 Å². The number of thiophene rings is 1. The molecule has 2 rings (SSSR count). The van der Waals surface area contributed by atoms with Gasteiger partial charge >= 0.3 is 0 Å². The number of anilines is 1. The predicted molar refractivity (Wildman–Crippen MR) is 79.8 cm³/mol. The number of aromatic nitrogens is 2. The van der Waals surface area contributed by atoms with Crippen molar-refractivity contribution in [3.63, 3.8) is 0 Å². The first-order chi connectivity index (χ1) is 9.26. The molecule has 0 spiro atoms. The summed E-state index contributed by atoms with van der Waals surface area (Å²) in [4.78, 5) is 17.6. The maximum Gasteiger partial charge on any atom is 0.293 e. The highest BCUT2D eigenvalue weighted by Gasteiger charge is 2.14. The van der Waals surface area contributed by atoms with E-state index in [0.717, 1.165) is 12.8 Å². The summed E-state index contributed by atoms with van der Waals surface area (Å²) in [5, 5.41) is 5.35. The van der Waals surface area contributed by atoms with Crippen molar-refractivity contribution in [2.45, 2.75) is 39.3 Å². The van der Waals surface area contributed by atoms with Crippen molar-refractivity contribution in [2.24, 2.45) is 0 Å². The molecule has 0 bridgehead atoms. The maximum absolute atomic E-state index is 12.2. The third-order valence-corrected chi connectivity index (χ3v) is 4.02. The molecule has 0 aromatic carbocycles. The molecule has 0 saturated heterocycles. The van der Waals surface area contributed by atoms with Gasteiger partial charge in [0.1, 0.15) is 0 Å². The molecule has 0 amide bonds. The van der Waals surface area contributed by atoms with Crippen LogP contribution < -0.4 is 10.9 Å². The van der Waals surface area contributed by atoms with Crippen LogP contribution in [-0.2, 0) is 6.54 Å². The fourth-order valence-electron chi connectivity index (χ4n) is 2.02. The van der Waals surface area contributed by atoms with Crippen molar-refractivity contribution in [2.75, 3.05) is 5.32 Å². The van der Waals surface area contributed by atoms with Crippen LogP contribution in [0.2, 0.25) is 0 Å². The summed E-state index contributed by atoms with van der Waals surface area (Å²) in [5.41, 5.74) is -0.0531. The van der Waals surface area contributed by atoms with Crippen molar-refractivity contribution in [3.05, 3.63) is 45.1 Å². The molecule has 2 aromatic heterocycles. The van der Waals surface area contributed by atoms with Crippen LogP contribution in [0.3, 0.4) is 0 Å². The standard InChI is InChI=1S/C14H19N3OS/c1-3-6-11(12-7-5-10-19-12)16-13-14(18)17(4-2)9-8-15-13/h5,7-11H,3-4,6H2,1-2H3,(H,15,16). The van der Waals surface area contributed by atoms with E-state index in [1.54, 1.807) is 28.3 Å². The van der Waals surface area contributed by atoms with Gasteiger partial charge in [0, 0.05) is 23.8 Å². The zero-order chi connectivity index (χ0) is 13.7. The summed E-state index contributed by atoms with van der Waals surface area (Å²) in [5.74, 6) is 0.441. The monoisotopic (exact) mass is 277 g/mol. The fourth-order valence-corrected chi connectivity index (χ4v) is 2.84. The quantitative estimate of drug-likeness (QED) is 0.881. The number of nitrogens with one attached hydrogen (secondary N) is 1. The number of hydrogen-bond acceptors (Lipinski definition) is 4. The summed E-state index contributed by atoms with van der Waals surface area (Å²) < 4.78 is 1.66. The lowest BCUT2D eigenvalue weighted by Gasteiger charge is -2.17. The molecule has 2 heterocycles. The summed E-state index contributed by atoms with van der Waals surface area (Å²) >= 11 is 1.71. The smallest absolute Gasteiger partial charge is 0.293 e. The van der Waals surface area contributed by atoms with Crippen molar-refractivity contribution in [1.82, 2.24) is 9.55 Å². The Bertz CT molecular complexity index is 562. The lowest BCUT2D eigenvalue weighted by atomic mass is 10.1. The van der Waals surface area contributed by atoms with Crippen molar-refractivity contribution in [3.8, 4) is 0 Å². The summed E-state index contributed by atoms with van der Waals surface area (Å²) in [6.45, 7) is 4.76. The van der Waals surface area contributed by atoms with Gasteiger partial charge in [0.2, 0.25) is 0 Å². The van der Waals surface area contributed by atoms with Crippen LogP contribution in [0.4, 0.5) is 5.82 Å². The SMILES string of the molecule is CCCC(Nc1nccn(CC)c1=O)c1cccs1. The molecule has 1 atom stereocenters. The molecule has 1 unspecified atom stereocenters. The van der Waals surface area contributed by atoms with Gasteiger partial charge in [-0.15, -0.1) is 11.3 Å². The first-order valence-electron chi connectivity index (χ1n) is 6.61. The Morgan fingerprint density at radius 3 is 2.95 bits per heavy atom. The van der Waals surface area contributed by atoms with Gasteiger partial charge in [0.15, 0.2) is 5.82 Å². The first-order valence-corrected chi connectivity index (χ1v) is 7.49. The van der Waals surface area contributed by atoms with E-state index < -0.39 is 0 Å². The second-order valence-corrected chi connectivity index (χ2v) is 5.35. The Hall–Kier alpha value is -1.62. The summed E-state index contributed by atoms with van der Waals surface area (Å²) in [6.07, 6.45) is 5.44. The first kappa shape index (κ1) is 13.8. The van der Waals surface area contributed by atoms with Crippen LogP contribution in [-0.4, -0.2) is 9.55 Å². The van der Waals surface area contributed by atoms with Crippen molar-refractivity contribution >= 4 is 17.2 Å². The molecule has 0 radical (unpaired) electrons. The third kappa shape index (κ3) is 3.23. The zero-order valence-electron chi connectivity index (χ0n) is 11.3. The van der Waals surface area contributed by atoms with Crippen molar-refractivity contribution < 1.29 is 0 Å². The van der Waals surface area contributed by atoms with E-state index in [4.69, 9.17) is 0 Å².